The summed E-state index contributed by atoms with van der Waals surface area (Å²) < 4.78 is 30.9. The molecule has 0 spiro atoms. The van der Waals surface area contributed by atoms with Crippen LogP contribution in [-0.2, 0) is 14.8 Å². The highest BCUT2D eigenvalue weighted by Crippen LogP contribution is 2.23. The normalized spacial score (nSPS) is 20.4. The molecule has 1 fully saturated rings. The van der Waals surface area contributed by atoms with Gasteiger partial charge in [0, 0.05) is 19.1 Å². The van der Waals surface area contributed by atoms with E-state index < -0.39 is 16.0 Å². The first-order chi connectivity index (χ1) is 8.96. The Balaban J connectivity index is 2.44. The summed E-state index contributed by atoms with van der Waals surface area (Å²) in [6, 6.07) is 5.87. The molecule has 0 unspecified atom stereocenters. The summed E-state index contributed by atoms with van der Waals surface area (Å²) in [5.41, 5.74) is 5.77. The van der Waals surface area contributed by atoms with Crippen molar-refractivity contribution in [3.63, 3.8) is 0 Å². The van der Waals surface area contributed by atoms with Crippen LogP contribution in [0.3, 0.4) is 0 Å². The summed E-state index contributed by atoms with van der Waals surface area (Å²) in [6.07, 6.45) is 0.625. The Kier molecular flexibility index (Phi) is 3.88. The van der Waals surface area contributed by atoms with Crippen molar-refractivity contribution < 1.29 is 17.9 Å². The first kappa shape index (κ1) is 14.0. The fourth-order valence-corrected chi connectivity index (χ4v) is 3.77. The molecular weight excluding hydrogens is 268 g/mol. The van der Waals surface area contributed by atoms with Gasteiger partial charge in [-0.25, -0.2) is 13.2 Å². The van der Waals surface area contributed by atoms with Crippen molar-refractivity contribution in [1.29, 1.82) is 0 Å². The van der Waals surface area contributed by atoms with Crippen molar-refractivity contribution in [2.75, 3.05) is 20.2 Å². The number of hydrogen-bond donors (Lipinski definition) is 1. The molecule has 1 aliphatic rings. The summed E-state index contributed by atoms with van der Waals surface area (Å²) in [5.74, 6) is -0.664. The van der Waals surface area contributed by atoms with Gasteiger partial charge in [-0.1, -0.05) is 12.1 Å². The highest BCUT2D eigenvalue weighted by molar-refractivity contribution is 7.89. The molecule has 1 aliphatic heterocycles. The van der Waals surface area contributed by atoms with Gasteiger partial charge in [-0.05, 0) is 18.6 Å². The van der Waals surface area contributed by atoms with E-state index in [-0.39, 0.29) is 23.0 Å². The van der Waals surface area contributed by atoms with E-state index in [1.807, 2.05) is 0 Å². The van der Waals surface area contributed by atoms with Gasteiger partial charge in [-0.3, -0.25) is 0 Å². The maximum atomic E-state index is 12.5. The van der Waals surface area contributed by atoms with Crippen molar-refractivity contribution in [3.8, 4) is 0 Å². The van der Waals surface area contributed by atoms with Gasteiger partial charge in [-0.15, -0.1) is 0 Å². The molecule has 2 N–H and O–H groups in total. The number of nitrogens with two attached hydrogens (primary N) is 1. The second-order valence-electron chi connectivity index (χ2n) is 4.40. The number of nitrogens with zero attached hydrogens (tertiary/aromatic N) is 1. The SMILES string of the molecule is COC(=O)c1ccccc1S(=O)(=O)N1CC[C@@H](N)C1. The molecule has 0 saturated carbocycles. The Morgan fingerprint density at radius 2 is 2.11 bits per heavy atom. The number of carbonyl (C=O) groups is 1. The lowest BCUT2D eigenvalue weighted by Crippen LogP contribution is -2.32. The zero-order valence-corrected chi connectivity index (χ0v) is 11.4. The van der Waals surface area contributed by atoms with Gasteiger partial charge in [0.1, 0.15) is 0 Å². The minimum atomic E-state index is -3.70. The lowest BCUT2D eigenvalue weighted by Gasteiger charge is -2.17. The van der Waals surface area contributed by atoms with E-state index >= 15 is 0 Å². The van der Waals surface area contributed by atoms with E-state index in [0.29, 0.717) is 13.0 Å². The quantitative estimate of drug-likeness (QED) is 0.801. The van der Waals surface area contributed by atoms with Crippen LogP contribution in [-0.4, -0.2) is 44.9 Å². The molecular formula is C12H16N2O4S. The third-order valence-corrected chi connectivity index (χ3v) is 5.02. The topological polar surface area (TPSA) is 89.7 Å². The van der Waals surface area contributed by atoms with E-state index in [9.17, 15) is 13.2 Å². The lowest BCUT2D eigenvalue weighted by atomic mass is 10.2. The monoisotopic (exact) mass is 284 g/mol. The Hall–Kier alpha value is -1.44. The predicted molar refractivity (Wildman–Crippen MR) is 69.1 cm³/mol. The second-order valence-corrected chi connectivity index (χ2v) is 6.31. The van der Waals surface area contributed by atoms with Crippen LogP contribution in [0.5, 0.6) is 0 Å². The third-order valence-electron chi connectivity index (χ3n) is 3.10. The predicted octanol–water partition coefficient (Wildman–Crippen LogP) is 0.195. The van der Waals surface area contributed by atoms with Gasteiger partial charge in [-0.2, -0.15) is 4.31 Å². The second kappa shape index (κ2) is 5.28. The first-order valence-corrected chi connectivity index (χ1v) is 7.34. The van der Waals surface area contributed by atoms with Gasteiger partial charge in [0.05, 0.1) is 17.6 Å². The van der Waals surface area contributed by atoms with Crippen LogP contribution in [0.25, 0.3) is 0 Å². The standard InChI is InChI=1S/C12H16N2O4S/c1-18-12(15)10-4-2-3-5-11(10)19(16,17)14-7-6-9(13)8-14/h2-5,9H,6-8,13H2,1H3/t9-/m1/s1. The Morgan fingerprint density at radius 3 is 2.68 bits per heavy atom. The fraction of sp³-hybridized carbons (Fsp3) is 0.417. The van der Waals surface area contributed by atoms with Crippen LogP contribution in [0.2, 0.25) is 0 Å². The molecule has 104 valence electrons. The van der Waals surface area contributed by atoms with E-state index in [4.69, 9.17) is 5.73 Å². The molecule has 19 heavy (non-hydrogen) atoms. The summed E-state index contributed by atoms with van der Waals surface area (Å²) in [4.78, 5) is 11.6. The van der Waals surface area contributed by atoms with E-state index in [0.717, 1.165) is 0 Å². The number of esters is 1. The van der Waals surface area contributed by atoms with Crippen LogP contribution in [0.4, 0.5) is 0 Å². The first-order valence-electron chi connectivity index (χ1n) is 5.90. The van der Waals surface area contributed by atoms with Gasteiger partial charge in [0.2, 0.25) is 10.0 Å². The molecule has 7 heteroatoms. The van der Waals surface area contributed by atoms with Crippen LogP contribution < -0.4 is 5.73 Å². The maximum absolute atomic E-state index is 12.5. The number of methoxy groups -OCH3 is 1. The van der Waals surface area contributed by atoms with Gasteiger partial charge >= 0.3 is 5.97 Å². The Morgan fingerprint density at radius 1 is 1.42 bits per heavy atom. The van der Waals surface area contributed by atoms with E-state index in [1.165, 1.54) is 23.5 Å². The minimum absolute atomic E-state index is 0.0315. The van der Waals surface area contributed by atoms with E-state index in [2.05, 4.69) is 4.74 Å². The highest BCUT2D eigenvalue weighted by atomic mass is 32.2. The molecule has 0 aliphatic carbocycles. The number of sulfonamides is 1. The summed E-state index contributed by atoms with van der Waals surface area (Å²) >= 11 is 0. The average Bonchev–Trinajstić information content (AvgIpc) is 2.85. The van der Waals surface area contributed by atoms with Gasteiger partial charge in [0.15, 0.2) is 0 Å². The van der Waals surface area contributed by atoms with Crippen molar-refractivity contribution >= 4 is 16.0 Å². The summed E-state index contributed by atoms with van der Waals surface area (Å²) in [7, 11) is -2.49. The largest absolute Gasteiger partial charge is 0.465 e. The number of ether oxygens (including phenoxy) is 1. The van der Waals surface area contributed by atoms with Crippen molar-refractivity contribution in [2.45, 2.75) is 17.4 Å². The lowest BCUT2D eigenvalue weighted by molar-refractivity contribution is 0.0596. The van der Waals surface area contributed by atoms with Crippen molar-refractivity contribution in [2.24, 2.45) is 5.73 Å². The molecule has 6 nitrogen and oxygen atoms in total. The molecule has 1 heterocycles. The molecule has 1 aromatic rings. The third kappa shape index (κ3) is 2.63. The maximum Gasteiger partial charge on any atom is 0.339 e. The number of benzene rings is 1. The minimum Gasteiger partial charge on any atom is -0.465 e. The van der Waals surface area contributed by atoms with Crippen molar-refractivity contribution in [3.05, 3.63) is 29.8 Å². The molecule has 0 radical (unpaired) electrons. The zero-order chi connectivity index (χ0) is 14.0. The molecule has 0 amide bonds. The number of rotatable bonds is 3. The number of hydrogen-bond acceptors (Lipinski definition) is 5. The van der Waals surface area contributed by atoms with Crippen molar-refractivity contribution in [1.82, 2.24) is 4.31 Å². The number of carbonyl (C=O) groups excluding carboxylic acids is 1. The van der Waals surface area contributed by atoms with E-state index in [1.54, 1.807) is 12.1 Å². The smallest absolute Gasteiger partial charge is 0.339 e. The summed E-state index contributed by atoms with van der Waals surface area (Å²) in [6.45, 7) is 0.650. The van der Waals surface area contributed by atoms with Gasteiger partial charge in [0.25, 0.3) is 0 Å². The Bertz CT molecular complexity index is 585. The average molecular weight is 284 g/mol. The highest BCUT2D eigenvalue weighted by Gasteiger charge is 2.33. The fourth-order valence-electron chi connectivity index (χ4n) is 2.08. The van der Waals surface area contributed by atoms with Crippen LogP contribution in [0.1, 0.15) is 16.8 Å². The molecule has 1 atom stereocenters. The Labute approximate surface area is 112 Å². The van der Waals surface area contributed by atoms with Crippen LogP contribution >= 0.6 is 0 Å². The molecule has 2 rings (SSSR count). The molecule has 1 saturated heterocycles. The molecule has 0 aromatic heterocycles. The molecule has 0 bridgehead atoms. The van der Waals surface area contributed by atoms with Gasteiger partial charge < -0.3 is 10.5 Å². The van der Waals surface area contributed by atoms with Crippen LogP contribution in [0, 0.1) is 0 Å². The molecule has 1 aromatic carbocycles. The summed E-state index contributed by atoms with van der Waals surface area (Å²) in [5, 5.41) is 0. The van der Waals surface area contributed by atoms with Crippen LogP contribution in [0.15, 0.2) is 29.2 Å². The zero-order valence-electron chi connectivity index (χ0n) is 10.6.